The number of hydrogen-bond donors (Lipinski definition) is 2. The number of rotatable bonds is 5. The van der Waals surface area contributed by atoms with E-state index in [-0.39, 0.29) is 11.7 Å². The second-order valence-electron chi connectivity index (χ2n) is 5.01. The van der Waals surface area contributed by atoms with Gasteiger partial charge in [0.1, 0.15) is 18.2 Å². The van der Waals surface area contributed by atoms with Gasteiger partial charge in [-0.05, 0) is 47.5 Å². The summed E-state index contributed by atoms with van der Waals surface area (Å²) in [6.45, 7) is 2.17. The largest absolute Gasteiger partial charge is 0.361 e. The Morgan fingerprint density at radius 3 is 3.14 bits per heavy atom. The predicted molar refractivity (Wildman–Crippen MR) is 77.5 cm³/mol. The molecule has 0 aliphatic carbocycles. The van der Waals surface area contributed by atoms with Crippen LogP contribution in [0.2, 0.25) is 0 Å². The fourth-order valence-corrected chi connectivity index (χ4v) is 2.29. The Kier molecular flexibility index (Phi) is 3.82. The Morgan fingerprint density at radius 1 is 1.50 bits per heavy atom. The maximum absolute atomic E-state index is 13.3. The van der Waals surface area contributed by atoms with Gasteiger partial charge < -0.3 is 10.3 Å². The first-order valence-corrected chi connectivity index (χ1v) is 6.91. The van der Waals surface area contributed by atoms with Gasteiger partial charge in [0, 0.05) is 23.6 Å². The van der Waals surface area contributed by atoms with Crippen molar-refractivity contribution >= 4 is 16.8 Å². The number of benzene rings is 1. The van der Waals surface area contributed by atoms with Crippen molar-refractivity contribution in [2.24, 2.45) is 0 Å². The van der Waals surface area contributed by atoms with E-state index in [0.29, 0.717) is 13.0 Å². The zero-order valence-corrected chi connectivity index (χ0v) is 12.0. The zero-order valence-electron chi connectivity index (χ0n) is 12.0. The Morgan fingerprint density at radius 2 is 2.36 bits per heavy atom. The van der Waals surface area contributed by atoms with Crippen LogP contribution in [0.15, 0.2) is 30.7 Å². The van der Waals surface area contributed by atoms with Gasteiger partial charge >= 0.3 is 0 Å². The van der Waals surface area contributed by atoms with Gasteiger partial charge in [0.25, 0.3) is 0 Å². The number of hydrogen-bond acceptors (Lipinski definition) is 4. The van der Waals surface area contributed by atoms with Crippen molar-refractivity contribution in [3.05, 3.63) is 42.1 Å². The van der Waals surface area contributed by atoms with Gasteiger partial charge in [-0.1, -0.05) is 0 Å². The lowest BCUT2D eigenvalue weighted by molar-refractivity contribution is -0.124. The number of nitrogens with one attached hydrogen (secondary N) is 2. The highest BCUT2D eigenvalue weighted by atomic mass is 19.1. The molecule has 3 rings (SSSR count). The normalized spacial score (nSPS) is 12.5. The third-order valence-corrected chi connectivity index (χ3v) is 3.56. The number of H-pyrrole nitrogens is 1. The average Bonchev–Trinajstić information content (AvgIpc) is 3.16. The molecule has 22 heavy (non-hydrogen) atoms. The first-order valence-electron chi connectivity index (χ1n) is 6.91. The van der Waals surface area contributed by atoms with Gasteiger partial charge in [0.2, 0.25) is 5.91 Å². The number of aromatic amines is 1. The van der Waals surface area contributed by atoms with Gasteiger partial charge in [-0.2, -0.15) is 0 Å². The lowest BCUT2D eigenvalue weighted by Gasteiger charge is -2.11. The standard InChI is InChI=1S/C14H15FN6O/c1-9(21-8-18-19-20-21)14(22)16-5-4-10-7-17-13-3-2-11(15)6-12(10)13/h2-3,6-9,17H,4-5H2,1H3,(H,16,22)/t9-/m0/s1. The molecule has 0 aliphatic heterocycles. The molecule has 114 valence electrons. The number of tetrazole rings is 1. The third-order valence-electron chi connectivity index (χ3n) is 3.56. The molecule has 8 heteroatoms. The van der Waals surface area contributed by atoms with Crippen molar-refractivity contribution < 1.29 is 9.18 Å². The summed E-state index contributed by atoms with van der Waals surface area (Å²) in [6.07, 6.45) is 3.84. The molecule has 2 heterocycles. The average molecular weight is 302 g/mol. The van der Waals surface area contributed by atoms with Crippen LogP contribution in [0.25, 0.3) is 10.9 Å². The Balaban J connectivity index is 1.60. The van der Waals surface area contributed by atoms with Gasteiger partial charge in [-0.15, -0.1) is 5.10 Å². The van der Waals surface area contributed by atoms with Crippen molar-refractivity contribution in [2.75, 3.05) is 6.54 Å². The van der Waals surface area contributed by atoms with E-state index in [0.717, 1.165) is 16.5 Å². The molecule has 0 fully saturated rings. The Hall–Kier alpha value is -2.77. The summed E-state index contributed by atoms with van der Waals surface area (Å²) in [5.74, 6) is -0.442. The van der Waals surface area contributed by atoms with Crippen molar-refractivity contribution in [3.8, 4) is 0 Å². The molecule has 1 aromatic carbocycles. The Bertz CT molecular complexity index is 782. The minimum Gasteiger partial charge on any atom is -0.361 e. The second kappa shape index (κ2) is 5.92. The summed E-state index contributed by atoms with van der Waals surface area (Å²) in [5, 5.41) is 14.4. The van der Waals surface area contributed by atoms with E-state index in [4.69, 9.17) is 0 Å². The van der Waals surface area contributed by atoms with E-state index in [1.165, 1.54) is 23.1 Å². The second-order valence-corrected chi connectivity index (χ2v) is 5.01. The molecule has 0 radical (unpaired) electrons. The van der Waals surface area contributed by atoms with E-state index in [9.17, 15) is 9.18 Å². The third kappa shape index (κ3) is 2.80. The number of carbonyl (C=O) groups excluding carboxylic acids is 1. The van der Waals surface area contributed by atoms with Crippen LogP contribution in [-0.4, -0.2) is 37.6 Å². The summed E-state index contributed by atoms with van der Waals surface area (Å²) in [4.78, 5) is 15.1. The van der Waals surface area contributed by atoms with Crippen LogP contribution in [0.4, 0.5) is 4.39 Å². The molecule has 2 aromatic heterocycles. The summed E-state index contributed by atoms with van der Waals surface area (Å²) in [6, 6.07) is 4.13. The van der Waals surface area contributed by atoms with E-state index < -0.39 is 6.04 Å². The highest BCUT2D eigenvalue weighted by molar-refractivity contribution is 5.83. The van der Waals surface area contributed by atoms with Crippen LogP contribution in [0, 0.1) is 5.82 Å². The monoisotopic (exact) mass is 302 g/mol. The number of halogens is 1. The van der Waals surface area contributed by atoms with E-state index in [1.807, 2.05) is 6.20 Å². The van der Waals surface area contributed by atoms with Gasteiger partial charge in [-0.25, -0.2) is 9.07 Å². The lowest BCUT2D eigenvalue weighted by Crippen LogP contribution is -2.32. The molecule has 0 unspecified atom stereocenters. The molecule has 2 N–H and O–H groups in total. The SMILES string of the molecule is C[C@@H](C(=O)NCCc1c[nH]c2ccc(F)cc12)n1cnnn1. The lowest BCUT2D eigenvalue weighted by atomic mass is 10.1. The van der Waals surface area contributed by atoms with Crippen molar-refractivity contribution in [1.82, 2.24) is 30.5 Å². The summed E-state index contributed by atoms with van der Waals surface area (Å²) < 4.78 is 14.7. The van der Waals surface area contributed by atoms with Crippen molar-refractivity contribution in [2.45, 2.75) is 19.4 Å². The van der Waals surface area contributed by atoms with Crippen LogP contribution < -0.4 is 5.32 Å². The van der Waals surface area contributed by atoms with Crippen LogP contribution >= 0.6 is 0 Å². The Labute approximate surface area is 125 Å². The molecule has 1 atom stereocenters. The van der Waals surface area contributed by atoms with E-state index >= 15 is 0 Å². The molecule has 0 spiro atoms. The molecule has 7 nitrogen and oxygen atoms in total. The minimum atomic E-state index is -0.476. The van der Waals surface area contributed by atoms with Gasteiger partial charge in [-0.3, -0.25) is 4.79 Å². The molecular weight excluding hydrogens is 287 g/mol. The maximum atomic E-state index is 13.3. The van der Waals surface area contributed by atoms with Gasteiger partial charge in [0.05, 0.1) is 0 Å². The molecule has 0 saturated heterocycles. The topological polar surface area (TPSA) is 88.5 Å². The fourth-order valence-electron chi connectivity index (χ4n) is 2.29. The molecule has 0 saturated carbocycles. The molecule has 1 amide bonds. The predicted octanol–water partition coefficient (Wildman–Crippen LogP) is 1.21. The van der Waals surface area contributed by atoms with Crippen molar-refractivity contribution in [1.29, 1.82) is 0 Å². The zero-order chi connectivity index (χ0) is 15.5. The highest BCUT2D eigenvalue weighted by Crippen LogP contribution is 2.19. The van der Waals surface area contributed by atoms with Crippen LogP contribution in [0.3, 0.4) is 0 Å². The first kappa shape index (κ1) is 14.2. The number of fused-ring (bicyclic) bond motifs is 1. The number of carbonyl (C=O) groups is 1. The summed E-state index contributed by atoms with van der Waals surface area (Å²) >= 11 is 0. The summed E-state index contributed by atoms with van der Waals surface area (Å²) in [5.41, 5.74) is 1.84. The van der Waals surface area contributed by atoms with E-state index in [2.05, 4.69) is 25.8 Å². The highest BCUT2D eigenvalue weighted by Gasteiger charge is 2.15. The molecule has 3 aromatic rings. The smallest absolute Gasteiger partial charge is 0.244 e. The fraction of sp³-hybridized carbons (Fsp3) is 0.286. The maximum Gasteiger partial charge on any atom is 0.244 e. The number of aromatic nitrogens is 5. The van der Waals surface area contributed by atoms with Crippen LogP contribution in [0.5, 0.6) is 0 Å². The van der Waals surface area contributed by atoms with Crippen LogP contribution in [0.1, 0.15) is 18.5 Å². The van der Waals surface area contributed by atoms with E-state index in [1.54, 1.807) is 13.0 Å². The van der Waals surface area contributed by atoms with Crippen molar-refractivity contribution in [3.63, 3.8) is 0 Å². The summed E-state index contributed by atoms with van der Waals surface area (Å²) in [7, 11) is 0. The molecule has 0 aliphatic rings. The quantitative estimate of drug-likeness (QED) is 0.741. The van der Waals surface area contributed by atoms with Crippen LogP contribution in [-0.2, 0) is 11.2 Å². The molecular formula is C14H15FN6O. The first-order chi connectivity index (χ1) is 10.6. The number of amides is 1. The van der Waals surface area contributed by atoms with Gasteiger partial charge in [0.15, 0.2) is 0 Å². The number of nitrogens with zero attached hydrogens (tertiary/aromatic N) is 4. The minimum absolute atomic E-state index is 0.168. The molecule has 0 bridgehead atoms.